The summed E-state index contributed by atoms with van der Waals surface area (Å²) >= 11 is 0. The minimum Gasteiger partial charge on any atom is -0.352 e. The van der Waals surface area contributed by atoms with Gasteiger partial charge in [0.1, 0.15) is 0 Å². The van der Waals surface area contributed by atoms with Crippen molar-refractivity contribution in [2.75, 3.05) is 13.1 Å². The van der Waals surface area contributed by atoms with E-state index in [1.165, 1.54) is 25.7 Å². The minimum absolute atomic E-state index is 0. The Morgan fingerprint density at radius 2 is 2.06 bits per heavy atom. The standard InChI is InChI=1S/C14H26N2O.ClH/c1-10-3-4-12(7-10)8-14(17)16-13-9-15-6-5-11(13)2;/h10-13,15H,3-9H2,1-2H3,(H,16,17);1H. The van der Waals surface area contributed by atoms with Crippen LogP contribution in [-0.4, -0.2) is 25.0 Å². The number of carbonyl (C=O) groups is 1. The molecule has 18 heavy (non-hydrogen) atoms. The van der Waals surface area contributed by atoms with Gasteiger partial charge in [0.05, 0.1) is 0 Å². The van der Waals surface area contributed by atoms with E-state index in [1.54, 1.807) is 0 Å². The number of hydrogen-bond acceptors (Lipinski definition) is 2. The molecule has 0 aromatic rings. The molecule has 4 heteroatoms. The molecule has 0 aromatic heterocycles. The summed E-state index contributed by atoms with van der Waals surface area (Å²) in [6, 6.07) is 0.343. The largest absolute Gasteiger partial charge is 0.352 e. The molecular formula is C14H27ClN2O. The van der Waals surface area contributed by atoms with Crippen LogP contribution in [0.4, 0.5) is 0 Å². The summed E-state index contributed by atoms with van der Waals surface area (Å²) < 4.78 is 0. The molecule has 0 aromatic carbocycles. The van der Waals surface area contributed by atoms with Gasteiger partial charge in [0.2, 0.25) is 5.91 Å². The van der Waals surface area contributed by atoms with Crippen molar-refractivity contribution in [2.24, 2.45) is 17.8 Å². The fourth-order valence-electron chi connectivity index (χ4n) is 3.22. The summed E-state index contributed by atoms with van der Waals surface area (Å²) in [5.74, 6) is 2.34. The zero-order valence-corrected chi connectivity index (χ0v) is 12.4. The molecule has 1 heterocycles. The maximum atomic E-state index is 12.0. The fraction of sp³-hybridized carbons (Fsp3) is 0.929. The van der Waals surface area contributed by atoms with Gasteiger partial charge in [-0.2, -0.15) is 0 Å². The Kier molecular flexibility index (Phi) is 6.44. The summed E-state index contributed by atoms with van der Waals surface area (Å²) in [4.78, 5) is 12.0. The van der Waals surface area contributed by atoms with Crippen molar-refractivity contribution >= 4 is 18.3 Å². The zero-order valence-electron chi connectivity index (χ0n) is 11.6. The molecule has 2 N–H and O–H groups in total. The summed E-state index contributed by atoms with van der Waals surface area (Å²) in [6.45, 7) is 6.57. The number of nitrogens with one attached hydrogen (secondary N) is 2. The predicted octanol–water partition coefficient (Wildman–Crippen LogP) is 2.35. The average Bonchev–Trinajstić information content (AvgIpc) is 2.67. The minimum atomic E-state index is 0. The Bertz CT molecular complexity index is 273. The fourth-order valence-corrected chi connectivity index (χ4v) is 3.22. The number of halogens is 1. The Hall–Kier alpha value is -0.280. The lowest BCUT2D eigenvalue weighted by molar-refractivity contribution is -0.123. The van der Waals surface area contributed by atoms with Crippen molar-refractivity contribution in [3.05, 3.63) is 0 Å². The molecule has 1 aliphatic heterocycles. The van der Waals surface area contributed by atoms with Gasteiger partial charge in [-0.15, -0.1) is 12.4 Å². The molecular weight excluding hydrogens is 248 g/mol. The lowest BCUT2D eigenvalue weighted by Gasteiger charge is -2.30. The van der Waals surface area contributed by atoms with E-state index in [4.69, 9.17) is 0 Å². The Morgan fingerprint density at radius 1 is 1.28 bits per heavy atom. The van der Waals surface area contributed by atoms with Gasteiger partial charge in [0, 0.05) is 19.0 Å². The molecule has 2 fully saturated rings. The van der Waals surface area contributed by atoms with Gasteiger partial charge in [0.15, 0.2) is 0 Å². The van der Waals surface area contributed by atoms with Crippen LogP contribution in [-0.2, 0) is 4.79 Å². The molecule has 3 nitrogen and oxygen atoms in total. The van der Waals surface area contributed by atoms with E-state index in [0.29, 0.717) is 17.9 Å². The lowest BCUT2D eigenvalue weighted by Crippen LogP contribution is -2.50. The molecule has 0 bridgehead atoms. The third-order valence-corrected chi connectivity index (χ3v) is 4.45. The van der Waals surface area contributed by atoms with E-state index < -0.39 is 0 Å². The molecule has 0 spiro atoms. The number of piperidine rings is 1. The second kappa shape index (κ2) is 7.34. The highest BCUT2D eigenvalue weighted by molar-refractivity contribution is 5.85. The zero-order chi connectivity index (χ0) is 12.3. The van der Waals surface area contributed by atoms with E-state index in [9.17, 15) is 4.79 Å². The van der Waals surface area contributed by atoms with Gasteiger partial charge in [-0.1, -0.05) is 20.3 Å². The van der Waals surface area contributed by atoms with E-state index in [1.807, 2.05) is 0 Å². The first kappa shape index (κ1) is 15.8. The maximum Gasteiger partial charge on any atom is 0.220 e. The van der Waals surface area contributed by atoms with E-state index in [2.05, 4.69) is 24.5 Å². The van der Waals surface area contributed by atoms with Gasteiger partial charge >= 0.3 is 0 Å². The SMILES string of the molecule is CC1CCC(CC(=O)NC2CNCCC2C)C1.Cl. The van der Waals surface area contributed by atoms with E-state index in [-0.39, 0.29) is 18.3 Å². The Morgan fingerprint density at radius 3 is 2.67 bits per heavy atom. The monoisotopic (exact) mass is 274 g/mol. The van der Waals surface area contributed by atoms with Crippen LogP contribution in [0.15, 0.2) is 0 Å². The van der Waals surface area contributed by atoms with E-state index >= 15 is 0 Å². The molecule has 2 rings (SSSR count). The van der Waals surface area contributed by atoms with Gasteiger partial charge in [-0.25, -0.2) is 0 Å². The van der Waals surface area contributed by atoms with Crippen molar-refractivity contribution in [1.82, 2.24) is 10.6 Å². The molecule has 4 atom stereocenters. The van der Waals surface area contributed by atoms with Crippen LogP contribution in [0, 0.1) is 17.8 Å². The highest BCUT2D eigenvalue weighted by Gasteiger charge is 2.26. The van der Waals surface area contributed by atoms with E-state index in [0.717, 1.165) is 25.4 Å². The molecule has 1 saturated carbocycles. The molecule has 106 valence electrons. The first-order valence-electron chi connectivity index (χ1n) is 7.15. The summed E-state index contributed by atoms with van der Waals surface area (Å²) in [5.41, 5.74) is 0. The smallest absolute Gasteiger partial charge is 0.220 e. The number of rotatable bonds is 3. The molecule has 1 saturated heterocycles. The normalized spacial score (nSPS) is 35.9. The second-order valence-electron chi connectivity index (χ2n) is 6.13. The summed E-state index contributed by atoms with van der Waals surface area (Å²) in [6.07, 6.45) is 5.71. The number of amides is 1. The van der Waals surface area contributed by atoms with Gasteiger partial charge in [0.25, 0.3) is 0 Å². The molecule has 4 unspecified atom stereocenters. The van der Waals surface area contributed by atoms with Crippen LogP contribution >= 0.6 is 12.4 Å². The van der Waals surface area contributed by atoms with Crippen LogP contribution in [0.2, 0.25) is 0 Å². The highest BCUT2D eigenvalue weighted by atomic mass is 35.5. The molecule has 1 aliphatic carbocycles. The molecule has 1 amide bonds. The van der Waals surface area contributed by atoms with Gasteiger partial charge in [-0.05, 0) is 43.6 Å². The maximum absolute atomic E-state index is 12.0. The van der Waals surface area contributed by atoms with Crippen molar-refractivity contribution < 1.29 is 4.79 Å². The van der Waals surface area contributed by atoms with Crippen LogP contribution in [0.25, 0.3) is 0 Å². The predicted molar refractivity (Wildman–Crippen MR) is 77.0 cm³/mol. The molecule has 2 aliphatic rings. The van der Waals surface area contributed by atoms with Crippen LogP contribution in [0.1, 0.15) is 46.0 Å². The Labute approximate surface area is 117 Å². The third kappa shape index (κ3) is 4.43. The summed E-state index contributed by atoms with van der Waals surface area (Å²) in [7, 11) is 0. The Balaban J connectivity index is 0.00000162. The lowest BCUT2D eigenvalue weighted by atomic mass is 9.94. The highest BCUT2D eigenvalue weighted by Crippen LogP contribution is 2.32. The van der Waals surface area contributed by atoms with Crippen molar-refractivity contribution in [3.63, 3.8) is 0 Å². The summed E-state index contributed by atoms with van der Waals surface area (Å²) in [5, 5.41) is 6.57. The second-order valence-corrected chi connectivity index (χ2v) is 6.13. The topological polar surface area (TPSA) is 41.1 Å². The van der Waals surface area contributed by atoms with Gasteiger partial charge in [-0.3, -0.25) is 4.79 Å². The number of carbonyl (C=O) groups excluding carboxylic acids is 1. The average molecular weight is 275 g/mol. The van der Waals surface area contributed by atoms with Gasteiger partial charge < -0.3 is 10.6 Å². The van der Waals surface area contributed by atoms with Crippen LogP contribution in [0.5, 0.6) is 0 Å². The number of hydrogen-bond donors (Lipinski definition) is 2. The molecule has 0 radical (unpaired) electrons. The van der Waals surface area contributed by atoms with Crippen molar-refractivity contribution in [3.8, 4) is 0 Å². The van der Waals surface area contributed by atoms with Crippen molar-refractivity contribution in [2.45, 2.75) is 52.0 Å². The quantitative estimate of drug-likeness (QED) is 0.830. The first-order chi connectivity index (χ1) is 8.15. The third-order valence-electron chi connectivity index (χ3n) is 4.45. The first-order valence-corrected chi connectivity index (χ1v) is 7.15. The van der Waals surface area contributed by atoms with Crippen molar-refractivity contribution in [1.29, 1.82) is 0 Å². The van der Waals surface area contributed by atoms with Crippen LogP contribution in [0.3, 0.4) is 0 Å². The van der Waals surface area contributed by atoms with Crippen LogP contribution < -0.4 is 10.6 Å².